The second kappa shape index (κ2) is 5.84. The Morgan fingerprint density at radius 2 is 2.33 bits per heavy atom. The first-order valence-electron chi connectivity index (χ1n) is 6.17. The smallest absolute Gasteiger partial charge is 0.253 e. The van der Waals surface area contributed by atoms with E-state index in [1.54, 1.807) is 7.05 Å². The molecule has 1 saturated heterocycles. The van der Waals surface area contributed by atoms with E-state index in [0.717, 1.165) is 25.3 Å². The average molecular weight is 249 g/mol. The maximum atomic E-state index is 11.9. The molecule has 1 fully saturated rings. The number of anilines is 1. The van der Waals surface area contributed by atoms with Crippen LogP contribution in [-0.2, 0) is 0 Å². The molecule has 1 aromatic rings. The van der Waals surface area contributed by atoms with Crippen molar-refractivity contribution in [2.45, 2.75) is 6.04 Å². The third kappa shape index (κ3) is 2.47. The van der Waals surface area contributed by atoms with Gasteiger partial charge in [0.15, 0.2) is 0 Å². The molecule has 5 heteroatoms. The lowest BCUT2D eigenvalue weighted by atomic mass is 10.1. The minimum Gasteiger partial charge on any atom is -0.394 e. The molecule has 0 radical (unpaired) electrons. The Kier molecular flexibility index (Phi) is 4.17. The predicted molar refractivity (Wildman–Crippen MR) is 70.9 cm³/mol. The zero-order valence-corrected chi connectivity index (χ0v) is 10.5. The normalized spacial score (nSPS) is 19.7. The van der Waals surface area contributed by atoms with Gasteiger partial charge in [-0.25, -0.2) is 0 Å². The van der Waals surface area contributed by atoms with Crippen molar-refractivity contribution in [2.24, 2.45) is 0 Å². The summed E-state index contributed by atoms with van der Waals surface area (Å²) in [6, 6.07) is 7.52. The molecule has 18 heavy (non-hydrogen) atoms. The third-order valence-corrected chi connectivity index (χ3v) is 3.25. The van der Waals surface area contributed by atoms with E-state index in [2.05, 4.69) is 15.5 Å². The molecule has 5 nitrogen and oxygen atoms in total. The number of para-hydroxylation sites is 1. The standard InChI is InChI=1S/C13H19N3O2/c1-14-13(18)11-4-2-3-5-12(11)16-7-6-15-8-10(16)9-17/h2-5,10,15,17H,6-9H2,1H3,(H,14,18)/t10-/m0/s1. The fourth-order valence-electron chi connectivity index (χ4n) is 2.29. The number of aliphatic hydroxyl groups excluding tert-OH is 1. The van der Waals surface area contributed by atoms with Gasteiger partial charge in [0.1, 0.15) is 0 Å². The highest BCUT2D eigenvalue weighted by atomic mass is 16.3. The lowest BCUT2D eigenvalue weighted by Crippen LogP contribution is -2.53. The minimum atomic E-state index is -0.0965. The fraction of sp³-hybridized carbons (Fsp3) is 0.462. The van der Waals surface area contributed by atoms with Crippen LogP contribution in [0.3, 0.4) is 0 Å². The van der Waals surface area contributed by atoms with E-state index >= 15 is 0 Å². The second-order valence-electron chi connectivity index (χ2n) is 4.33. The molecule has 0 unspecified atom stereocenters. The number of piperazine rings is 1. The summed E-state index contributed by atoms with van der Waals surface area (Å²) in [5.41, 5.74) is 1.54. The molecule has 2 rings (SSSR count). The van der Waals surface area contributed by atoms with Gasteiger partial charge in [-0.15, -0.1) is 0 Å². The van der Waals surface area contributed by atoms with Gasteiger partial charge in [-0.3, -0.25) is 4.79 Å². The summed E-state index contributed by atoms with van der Waals surface area (Å²) in [6.07, 6.45) is 0. The van der Waals surface area contributed by atoms with Crippen molar-refractivity contribution in [3.05, 3.63) is 29.8 Å². The quantitative estimate of drug-likeness (QED) is 0.695. The fourth-order valence-corrected chi connectivity index (χ4v) is 2.29. The largest absolute Gasteiger partial charge is 0.394 e. The number of hydrogen-bond donors (Lipinski definition) is 3. The molecule has 3 N–H and O–H groups in total. The number of rotatable bonds is 3. The molecule has 98 valence electrons. The Morgan fingerprint density at radius 3 is 3.06 bits per heavy atom. The highest BCUT2D eigenvalue weighted by Crippen LogP contribution is 2.23. The van der Waals surface area contributed by atoms with E-state index in [1.165, 1.54) is 0 Å². The molecular formula is C13H19N3O2. The Balaban J connectivity index is 2.33. The zero-order valence-electron chi connectivity index (χ0n) is 10.5. The topological polar surface area (TPSA) is 64.6 Å². The van der Waals surface area contributed by atoms with E-state index in [1.807, 2.05) is 24.3 Å². The van der Waals surface area contributed by atoms with Gasteiger partial charge in [-0.1, -0.05) is 12.1 Å². The Bertz CT molecular complexity index is 422. The second-order valence-corrected chi connectivity index (χ2v) is 4.33. The first kappa shape index (κ1) is 12.9. The lowest BCUT2D eigenvalue weighted by molar-refractivity contribution is 0.0963. The third-order valence-electron chi connectivity index (χ3n) is 3.25. The van der Waals surface area contributed by atoms with Crippen molar-refractivity contribution in [2.75, 3.05) is 38.2 Å². The van der Waals surface area contributed by atoms with Crippen LogP contribution in [0.25, 0.3) is 0 Å². The highest BCUT2D eigenvalue weighted by molar-refractivity contribution is 5.99. The predicted octanol–water partition coefficient (Wildman–Crippen LogP) is -0.183. The molecule has 0 bridgehead atoms. The minimum absolute atomic E-state index is 0.0181. The van der Waals surface area contributed by atoms with Gasteiger partial charge in [0.25, 0.3) is 5.91 Å². The van der Waals surface area contributed by atoms with Crippen molar-refractivity contribution >= 4 is 11.6 Å². The van der Waals surface area contributed by atoms with Crippen LogP contribution in [0.15, 0.2) is 24.3 Å². The number of amides is 1. The van der Waals surface area contributed by atoms with Gasteiger partial charge in [0, 0.05) is 32.4 Å². The van der Waals surface area contributed by atoms with Gasteiger partial charge >= 0.3 is 0 Å². The summed E-state index contributed by atoms with van der Waals surface area (Å²) in [5, 5.41) is 15.3. The van der Waals surface area contributed by atoms with Crippen LogP contribution in [0.4, 0.5) is 5.69 Å². The van der Waals surface area contributed by atoms with Crippen molar-refractivity contribution in [3.63, 3.8) is 0 Å². The monoisotopic (exact) mass is 249 g/mol. The molecule has 1 atom stereocenters. The van der Waals surface area contributed by atoms with Crippen molar-refractivity contribution in [1.29, 1.82) is 0 Å². The van der Waals surface area contributed by atoms with Crippen LogP contribution in [0.2, 0.25) is 0 Å². The molecule has 0 saturated carbocycles. The number of aliphatic hydroxyl groups is 1. The number of hydrogen-bond acceptors (Lipinski definition) is 4. The number of carbonyl (C=O) groups excluding carboxylic acids is 1. The van der Waals surface area contributed by atoms with Crippen LogP contribution < -0.4 is 15.5 Å². The SMILES string of the molecule is CNC(=O)c1ccccc1N1CCNC[C@H]1CO. The molecule has 1 heterocycles. The molecule has 0 spiro atoms. The number of nitrogens with one attached hydrogen (secondary N) is 2. The molecule has 0 aliphatic carbocycles. The summed E-state index contributed by atoms with van der Waals surface area (Å²) >= 11 is 0. The number of nitrogens with zero attached hydrogens (tertiary/aromatic N) is 1. The van der Waals surface area contributed by atoms with Crippen LogP contribution >= 0.6 is 0 Å². The molecule has 1 aliphatic rings. The first-order valence-corrected chi connectivity index (χ1v) is 6.17. The van der Waals surface area contributed by atoms with Crippen molar-refractivity contribution < 1.29 is 9.90 Å². The maximum absolute atomic E-state index is 11.9. The first-order chi connectivity index (χ1) is 8.77. The average Bonchev–Trinajstić information content (AvgIpc) is 2.46. The van der Waals surface area contributed by atoms with Gasteiger partial charge in [-0.2, -0.15) is 0 Å². The molecule has 1 aliphatic heterocycles. The van der Waals surface area contributed by atoms with Gasteiger partial charge in [-0.05, 0) is 12.1 Å². The van der Waals surface area contributed by atoms with Crippen LogP contribution in [0.5, 0.6) is 0 Å². The Labute approximate surface area is 107 Å². The van der Waals surface area contributed by atoms with Crippen LogP contribution in [0, 0.1) is 0 Å². The van der Waals surface area contributed by atoms with E-state index in [-0.39, 0.29) is 18.6 Å². The summed E-state index contributed by atoms with van der Waals surface area (Å²) in [5.74, 6) is -0.0965. The summed E-state index contributed by atoms with van der Waals surface area (Å²) in [4.78, 5) is 14.0. The van der Waals surface area contributed by atoms with Crippen molar-refractivity contribution in [3.8, 4) is 0 Å². The van der Waals surface area contributed by atoms with Gasteiger partial charge in [0.05, 0.1) is 18.2 Å². The van der Waals surface area contributed by atoms with E-state index < -0.39 is 0 Å². The number of benzene rings is 1. The maximum Gasteiger partial charge on any atom is 0.253 e. The zero-order chi connectivity index (χ0) is 13.0. The summed E-state index contributed by atoms with van der Waals surface area (Å²) < 4.78 is 0. The Morgan fingerprint density at radius 1 is 1.56 bits per heavy atom. The molecule has 1 aromatic carbocycles. The Hall–Kier alpha value is -1.59. The molecule has 1 amide bonds. The van der Waals surface area contributed by atoms with Gasteiger partial charge in [0.2, 0.25) is 0 Å². The van der Waals surface area contributed by atoms with E-state index in [0.29, 0.717) is 5.56 Å². The van der Waals surface area contributed by atoms with E-state index in [9.17, 15) is 9.90 Å². The van der Waals surface area contributed by atoms with Crippen LogP contribution in [-0.4, -0.2) is 50.3 Å². The lowest BCUT2D eigenvalue weighted by Gasteiger charge is -2.37. The number of carbonyl (C=O) groups is 1. The summed E-state index contributed by atoms with van der Waals surface area (Å²) in [7, 11) is 1.63. The molecular weight excluding hydrogens is 230 g/mol. The van der Waals surface area contributed by atoms with Crippen LogP contribution in [0.1, 0.15) is 10.4 Å². The molecule has 0 aromatic heterocycles. The summed E-state index contributed by atoms with van der Waals surface area (Å²) in [6.45, 7) is 2.46. The van der Waals surface area contributed by atoms with E-state index in [4.69, 9.17) is 0 Å². The van der Waals surface area contributed by atoms with Crippen molar-refractivity contribution in [1.82, 2.24) is 10.6 Å². The van der Waals surface area contributed by atoms with Gasteiger partial charge < -0.3 is 20.6 Å². The highest BCUT2D eigenvalue weighted by Gasteiger charge is 2.24.